The summed E-state index contributed by atoms with van der Waals surface area (Å²) in [5, 5.41) is 8.87. The number of nitrogens with one attached hydrogen (secondary N) is 1. The van der Waals surface area contributed by atoms with Gasteiger partial charge in [-0.1, -0.05) is 54.6 Å². The van der Waals surface area contributed by atoms with E-state index in [1.54, 1.807) is 6.20 Å². The molecule has 0 radical (unpaired) electrons. The van der Waals surface area contributed by atoms with Gasteiger partial charge in [0.15, 0.2) is 0 Å². The molecule has 0 fully saturated rings. The normalized spacial score (nSPS) is 11.8. The summed E-state index contributed by atoms with van der Waals surface area (Å²) in [6.45, 7) is 0.773. The first kappa shape index (κ1) is 27.5. The molecular weight excluding hydrogens is 483 g/mol. The van der Waals surface area contributed by atoms with Crippen molar-refractivity contribution in [1.82, 2.24) is 9.97 Å². The first-order valence-corrected chi connectivity index (χ1v) is 11.5. The number of halogens is 3. The van der Waals surface area contributed by atoms with Crippen LogP contribution in [0.25, 0.3) is 22.4 Å². The summed E-state index contributed by atoms with van der Waals surface area (Å²) < 4.78 is 37.0. The Morgan fingerprint density at radius 1 is 0.973 bits per heavy atom. The molecule has 37 heavy (non-hydrogen) atoms. The Kier molecular flexibility index (Phi) is 9.45. The van der Waals surface area contributed by atoms with Crippen molar-refractivity contribution in [3.05, 3.63) is 96.4 Å². The minimum Gasteiger partial charge on any atom is -0.493 e. The number of nitrogens with zero attached hydrogens (tertiary/aromatic N) is 1. The molecule has 3 aromatic carbocycles. The third-order valence-electron chi connectivity index (χ3n) is 5.23. The van der Waals surface area contributed by atoms with Crippen LogP contribution in [0.2, 0.25) is 0 Å². The van der Waals surface area contributed by atoms with Crippen molar-refractivity contribution >= 4 is 5.97 Å². The van der Waals surface area contributed by atoms with Gasteiger partial charge < -0.3 is 20.6 Å². The van der Waals surface area contributed by atoms with Crippen LogP contribution in [0.4, 0.5) is 13.2 Å². The number of rotatable bonds is 9. The lowest BCUT2D eigenvalue weighted by molar-refractivity contribution is -0.137. The van der Waals surface area contributed by atoms with Crippen molar-refractivity contribution in [2.75, 3.05) is 6.61 Å². The Balaban J connectivity index is 0.000000695. The number of hydrogen-bond donors (Lipinski definition) is 3. The van der Waals surface area contributed by atoms with Gasteiger partial charge >= 0.3 is 12.1 Å². The Bertz CT molecular complexity index is 1250. The largest absolute Gasteiger partial charge is 0.493 e. The fourth-order valence-corrected chi connectivity index (χ4v) is 3.47. The summed E-state index contributed by atoms with van der Waals surface area (Å²) in [6.07, 6.45) is -1.69. The maximum atomic E-state index is 10.8. The smallest absolute Gasteiger partial charge is 0.386 e. The minimum atomic E-state index is -4.00. The number of nitrogens with two attached hydrogens (primary N) is 1. The molecule has 0 aliphatic carbocycles. The number of aliphatic carboxylic acids is 1. The van der Waals surface area contributed by atoms with Crippen LogP contribution in [0.1, 0.15) is 30.8 Å². The predicted molar refractivity (Wildman–Crippen MR) is 136 cm³/mol. The number of aromatic amines is 1. The van der Waals surface area contributed by atoms with Gasteiger partial charge in [-0.15, -0.1) is 0 Å². The number of hydrogen-bond acceptors (Lipinski definition) is 4. The molecule has 0 saturated heterocycles. The molecule has 0 aliphatic rings. The molecule has 194 valence electrons. The van der Waals surface area contributed by atoms with Gasteiger partial charge in [-0.2, -0.15) is 13.2 Å². The lowest BCUT2D eigenvalue weighted by Crippen LogP contribution is -2.16. The zero-order chi connectivity index (χ0) is 26.8. The Morgan fingerprint density at radius 3 is 2.14 bits per heavy atom. The molecule has 1 unspecified atom stereocenters. The van der Waals surface area contributed by atoms with Gasteiger partial charge in [0.25, 0.3) is 0 Å². The number of carboxylic acids is 1. The zero-order valence-corrected chi connectivity index (χ0v) is 20.2. The van der Waals surface area contributed by atoms with Crippen molar-refractivity contribution in [2.24, 2.45) is 5.73 Å². The summed E-state index contributed by atoms with van der Waals surface area (Å²) in [5.74, 6) is 0.294. The highest BCUT2D eigenvalue weighted by molar-refractivity contribution is 5.68. The molecule has 4 N–H and O–H groups in total. The molecule has 0 aliphatic heterocycles. The van der Waals surface area contributed by atoms with Gasteiger partial charge in [0.1, 0.15) is 11.6 Å². The highest BCUT2D eigenvalue weighted by atomic mass is 19.4. The molecule has 6 nitrogen and oxygen atoms in total. The Labute approximate surface area is 212 Å². The average molecular weight is 512 g/mol. The number of benzene rings is 3. The van der Waals surface area contributed by atoms with Gasteiger partial charge in [0.2, 0.25) is 0 Å². The van der Waals surface area contributed by atoms with Gasteiger partial charge in [-0.25, -0.2) is 4.98 Å². The number of ether oxygens (including phenoxy) is 1. The predicted octanol–water partition coefficient (Wildman–Crippen LogP) is 6.41. The third-order valence-corrected chi connectivity index (χ3v) is 5.23. The lowest BCUT2D eigenvalue weighted by Gasteiger charge is -2.08. The lowest BCUT2D eigenvalue weighted by atomic mass is 10.0. The van der Waals surface area contributed by atoms with E-state index < -0.39 is 18.2 Å². The Morgan fingerprint density at radius 2 is 1.54 bits per heavy atom. The zero-order valence-electron chi connectivity index (χ0n) is 20.2. The molecule has 0 spiro atoms. The van der Waals surface area contributed by atoms with E-state index in [1.807, 2.05) is 42.5 Å². The number of carboxylic acid groups (broad SMARTS) is 1. The van der Waals surface area contributed by atoms with Gasteiger partial charge in [0.05, 0.1) is 31.0 Å². The number of imidazole rings is 1. The molecule has 4 rings (SSSR count). The van der Waals surface area contributed by atoms with Crippen LogP contribution in [-0.4, -0.2) is 33.8 Å². The van der Waals surface area contributed by atoms with E-state index in [0.717, 1.165) is 23.4 Å². The fraction of sp³-hybridized carbons (Fsp3) is 0.214. The van der Waals surface area contributed by atoms with Crippen molar-refractivity contribution in [1.29, 1.82) is 0 Å². The molecule has 0 saturated carbocycles. The number of alkyl halides is 3. The van der Waals surface area contributed by atoms with E-state index in [9.17, 15) is 18.0 Å². The summed E-state index contributed by atoms with van der Waals surface area (Å²) >= 11 is 0. The highest BCUT2D eigenvalue weighted by Crippen LogP contribution is 2.23. The summed E-state index contributed by atoms with van der Waals surface area (Å²) in [7, 11) is 0. The van der Waals surface area contributed by atoms with Gasteiger partial charge in [0, 0.05) is 13.3 Å². The molecule has 1 heterocycles. The molecule has 1 atom stereocenters. The summed E-state index contributed by atoms with van der Waals surface area (Å²) in [4.78, 5) is 18.1. The highest BCUT2D eigenvalue weighted by Gasteiger charge is 2.16. The topological polar surface area (TPSA) is 101 Å². The van der Waals surface area contributed by atoms with E-state index in [4.69, 9.17) is 15.6 Å². The minimum absolute atomic E-state index is 0.172. The van der Waals surface area contributed by atoms with E-state index >= 15 is 0 Å². The van der Waals surface area contributed by atoms with Crippen LogP contribution in [0.3, 0.4) is 0 Å². The fourth-order valence-electron chi connectivity index (χ4n) is 3.47. The van der Waals surface area contributed by atoms with Crippen LogP contribution in [-0.2, 0) is 11.2 Å². The second kappa shape index (κ2) is 12.7. The van der Waals surface area contributed by atoms with E-state index in [1.165, 1.54) is 16.7 Å². The van der Waals surface area contributed by atoms with Crippen LogP contribution >= 0.6 is 0 Å². The van der Waals surface area contributed by atoms with Gasteiger partial charge in [-0.3, -0.25) is 4.79 Å². The van der Waals surface area contributed by atoms with E-state index in [0.29, 0.717) is 12.4 Å². The number of H-pyrrole nitrogens is 1. The Hall–Kier alpha value is -4.11. The number of carbonyl (C=O) groups is 1. The van der Waals surface area contributed by atoms with E-state index in [2.05, 4.69) is 46.4 Å². The SMILES string of the molecule is CC(F)(F)F.NC(CC(=O)O)c1ncc(-c2ccc(OCCc3ccc(-c4ccccc4)cc3)cc2)[nH]1. The van der Waals surface area contributed by atoms with Crippen molar-refractivity contribution in [2.45, 2.75) is 32.0 Å². The van der Waals surface area contributed by atoms with Crippen molar-refractivity contribution in [3.8, 4) is 28.1 Å². The third kappa shape index (κ3) is 9.46. The first-order valence-electron chi connectivity index (χ1n) is 11.5. The van der Waals surface area contributed by atoms with Crippen LogP contribution in [0.15, 0.2) is 85.1 Å². The molecule has 4 aromatic rings. The maximum Gasteiger partial charge on any atom is 0.386 e. The average Bonchev–Trinajstić information content (AvgIpc) is 3.35. The standard InChI is InChI=1S/C26H25N3O3.C2H3F3/c27-23(16-25(30)31)26-28-17-24(29-26)21-10-12-22(13-11-21)32-15-14-18-6-8-20(9-7-18)19-4-2-1-3-5-19;1-2(3,4)5/h1-13,17,23H,14-16,27H2,(H,28,29)(H,30,31);1H3. The molecule has 0 amide bonds. The molecule has 9 heteroatoms. The second-order valence-corrected chi connectivity index (χ2v) is 8.35. The van der Waals surface area contributed by atoms with Crippen molar-refractivity contribution < 1.29 is 27.8 Å². The quantitative estimate of drug-likeness (QED) is 0.241. The molecule has 1 aromatic heterocycles. The summed E-state index contributed by atoms with van der Waals surface area (Å²) in [5.41, 5.74) is 11.2. The van der Waals surface area contributed by atoms with Gasteiger partial charge in [-0.05, 0) is 46.5 Å². The van der Waals surface area contributed by atoms with Crippen LogP contribution < -0.4 is 10.5 Å². The maximum absolute atomic E-state index is 10.8. The summed E-state index contributed by atoms with van der Waals surface area (Å²) in [6, 6.07) is 25.9. The van der Waals surface area contributed by atoms with Crippen molar-refractivity contribution in [3.63, 3.8) is 0 Å². The molecular formula is C28H28F3N3O3. The van der Waals surface area contributed by atoms with Crippen LogP contribution in [0, 0.1) is 0 Å². The number of aromatic nitrogens is 2. The molecule has 0 bridgehead atoms. The second-order valence-electron chi connectivity index (χ2n) is 8.35. The van der Waals surface area contributed by atoms with Crippen LogP contribution in [0.5, 0.6) is 5.75 Å². The van der Waals surface area contributed by atoms with E-state index in [-0.39, 0.29) is 13.3 Å². The first-order chi connectivity index (χ1) is 17.6. The monoisotopic (exact) mass is 511 g/mol.